The molecule has 0 aromatic heterocycles. The first-order valence-corrected chi connectivity index (χ1v) is 6.71. The second-order valence-electron chi connectivity index (χ2n) is 3.80. The lowest BCUT2D eigenvalue weighted by Crippen LogP contribution is -1.99. The highest BCUT2D eigenvalue weighted by Gasteiger charge is 2.12. The number of thioether (sulfide) groups is 1. The van der Waals surface area contributed by atoms with Crippen LogP contribution in [0.1, 0.15) is 10.4 Å². The van der Waals surface area contributed by atoms with Crippen molar-refractivity contribution in [2.75, 3.05) is 12.8 Å². The third-order valence-electron chi connectivity index (χ3n) is 2.50. The van der Waals surface area contributed by atoms with Crippen LogP contribution in [-0.4, -0.2) is 12.2 Å². The Bertz CT molecular complexity index is 599. The van der Waals surface area contributed by atoms with Gasteiger partial charge in [0.25, 0.3) is 0 Å². The molecule has 0 radical (unpaired) electrons. The molecule has 0 saturated heterocycles. The molecule has 0 spiro atoms. The number of hydrogen-bond acceptors (Lipinski definition) is 4. The van der Waals surface area contributed by atoms with Gasteiger partial charge in [-0.25, -0.2) is 0 Å². The molecule has 0 saturated carbocycles. The average molecular weight is 294 g/mol. The fraction of sp³-hybridized carbons (Fsp3) is 0.0714. The highest BCUT2D eigenvalue weighted by molar-refractivity contribution is 8.14. The van der Waals surface area contributed by atoms with Gasteiger partial charge < -0.3 is 10.5 Å². The predicted molar refractivity (Wildman–Crippen MR) is 79.0 cm³/mol. The molecule has 0 heterocycles. The number of nitrogens with two attached hydrogens (primary N) is 1. The van der Waals surface area contributed by atoms with E-state index >= 15 is 0 Å². The summed E-state index contributed by atoms with van der Waals surface area (Å²) < 4.78 is 5.06. The van der Waals surface area contributed by atoms with Crippen LogP contribution < -0.4 is 10.5 Å². The largest absolute Gasteiger partial charge is 0.497 e. The highest BCUT2D eigenvalue weighted by Crippen LogP contribution is 2.28. The summed E-state index contributed by atoms with van der Waals surface area (Å²) in [5.74, 6) is 0.753. The molecule has 0 bridgehead atoms. The number of benzene rings is 2. The summed E-state index contributed by atoms with van der Waals surface area (Å²) >= 11 is 6.92. The number of rotatable bonds is 3. The van der Waals surface area contributed by atoms with E-state index in [1.54, 1.807) is 37.4 Å². The van der Waals surface area contributed by atoms with Crippen molar-refractivity contribution in [1.29, 1.82) is 0 Å². The molecular formula is C14H12ClNO2S. The van der Waals surface area contributed by atoms with Crippen molar-refractivity contribution in [3.63, 3.8) is 0 Å². The van der Waals surface area contributed by atoms with E-state index in [1.807, 2.05) is 12.1 Å². The number of nitrogen functional groups attached to an aromatic ring is 1. The minimum Gasteiger partial charge on any atom is -0.497 e. The van der Waals surface area contributed by atoms with Crippen molar-refractivity contribution in [2.24, 2.45) is 0 Å². The van der Waals surface area contributed by atoms with Gasteiger partial charge in [-0.15, -0.1) is 0 Å². The van der Waals surface area contributed by atoms with Crippen molar-refractivity contribution >= 4 is 34.2 Å². The van der Waals surface area contributed by atoms with Crippen LogP contribution in [0, 0.1) is 0 Å². The Morgan fingerprint density at radius 2 is 1.89 bits per heavy atom. The lowest BCUT2D eigenvalue weighted by atomic mass is 10.2. The lowest BCUT2D eigenvalue weighted by Gasteiger charge is -2.05. The van der Waals surface area contributed by atoms with Gasteiger partial charge in [-0.1, -0.05) is 11.6 Å². The molecule has 2 aromatic rings. The first-order chi connectivity index (χ1) is 9.10. The second-order valence-corrected chi connectivity index (χ2v) is 5.28. The Kier molecular flexibility index (Phi) is 4.35. The van der Waals surface area contributed by atoms with Crippen LogP contribution in [0.25, 0.3) is 0 Å². The van der Waals surface area contributed by atoms with E-state index in [0.717, 1.165) is 22.4 Å². The van der Waals surface area contributed by atoms with E-state index in [1.165, 1.54) is 0 Å². The second kappa shape index (κ2) is 5.99. The maximum atomic E-state index is 12.1. The van der Waals surface area contributed by atoms with E-state index in [9.17, 15) is 4.79 Å². The van der Waals surface area contributed by atoms with Crippen LogP contribution in [0.4, 0.5) is 5.69 Å². The van der Waals surface area contributed by atoms with Crippen molar-refractivity contribution in [3.8, 4) is 5.75 Å². The van der Waals surface area contributed by atoms with E-state index in [-0.39, 0.29) is 5.12 Å². The van der Waals surface area contributed by atoms with Gasteiger partial charge in [0.15, 0.2) is 0 Å². The maximum Gasteiger partial charge on any atom is 0.226 e. The molecule has 0 aliphatic rings. The van der Waals surface area contributed by atoms with Crippen LogP contribution in [0.5, 0.6) is 5.75 Å². The first-order valence-electron chi connectivity index (χ1n) is 5.51. The monoisotopic (exact) mass is 293 g/mol. The number of halogens is 1. The van der Waals surface area contributed by atoms with E-state index in [0.29, 0.717) is 16.3 Å². The number of hydrogen-bond donors (Lipinski definition) is 1. The molecule has 0 unspecified atom stereocenters. The SMILES string of the molecule is COc1ccc(SC(=O)c2ccc(Cl)cc2N)cc1. The zero-order valence-corrected chi connectivity index (χ0v) is 11.8. The molecule has 0 aliphatic heterocycles. The Balaban J connectivity index is 2.15. The summed E-state index contributed by atoms with van der Waals surface area (Å²) in [4.78, 5) is 12.9. The van der Waals surface area contributed by atoms with E-state index < -0.39 is 0 Å². The number of carbonyl (C=O) groups is 1. The van der Waals surface area contributed by atoms with Crippen LogP contribution in [0.15, 0.2) is 47.4 Å². The molecular weight excluding hydrogens is 282 g/mol. The summed E-state index contributed by atoms with van der Waals surface area (Å²) in [7, 11) is 1.60. The average Bonchev–Trinajstić information content (AvgIpc) is 2.39. The summed E-state index contributed by atoms with van der Waals surface area (Å²) in [5, 5.41) is 0.405. The van der Waals surface area contributed by atoms with Crippen molar-refractivity contribution in [3.05, 3.63) is 53.1 Å². The lowest BCUT2D eigenvalue weighted by molar-refractivity contribution is 0.108. The van der Waals surface area contributed by atoms with Crippen LogP contribution >= 0.6 is 23.4 Å². The third kappa shape index (κ3) is 3.43. The van der Waals surface area contributed by atoms with Crippen LogP contribution in [-0.2, 0) is 0 Å². The standard InChI is InChI=1S/C14H12ClNO2S/c1-18-10-3-5-11(6-4-10)19-14(17)12-7-2-9(15)8-13(12)16/h2-8H,16H2,1H3. The Hall–Kier alpha value is -1.65. The summed E-state index contributed by atoms with van der Waals surface area (Å²) in [6.45, 7) is 0. The maximum absolute atomic E-state index is 12.1. The third-order valence-corrected chi connectivity index (χ3v) is 3.65. The molecule has 98 valence electrons. The summed E-state index contributed by atoms with van der Waals surface area (Å²) in [6, 6.07) is 12.1. The molecule has 19 heavy (non-hydrogen) atoms. The zero-order valence-electron chi connectivity index (χ0n) is 10.2. The van der Waals surface area contributed by atoms with E-state index in [2.05, 4.69) is 0 Å². The number of carbonyl (C=O) groups excluding carboxylic acids is 1. The van der Waals surface area contributed by atoms with Gasteiger partial charge in [0.1, 0.15) is 5.75 Å². The van der Waals surface area contributed by atoms with Gasteiger partial charge in [0, 0.05) is 15.6 Å². The minimum atomic E-state index is -0.112. The van der Waals surface area contributed by atoms with Crippen LogP contribution in [0.2, 0.25) is 5.02 Å². The van der Waals surface area contributed by atoms with E-state index in [4.69, 9.17) is 22.1 Å². The molecule has 2 N–H and O–H groups in total. The smallest absolute Gasteiger partial charge is 0.226 e. The van der Waals surface area contributed by atoms with Gasteiger partial charge in [0.2, 0.25) is 5.12 Å². The normalized spacial score (nSPS) is 10.2. The topological polar surface area (TPSA) is 52.3 Å². The van der Waals surface area contributed by atoms with Crippen LogP contribution in [0.3, 0.4) is 0 Å². The Morgan fingerprint density at radius 3 is 2.47 bits per heavy atom. The fourth-order valence-corrected chi connectivity index (χ4v) is 2.49. The van der Waals surface area contributed by atoms with Gasteiger partial charge in [0.05, 0.1) is 12.7 Å². The Labute approximate surface area is 120 Å². The summed E-state index contributed by atoms with van der Waals surface area (Å²) in [5.41, 5.74) is 6.63. The predicted octanol–water partition coefficient (Wildman–Crippen LogP) is 3.86. The van der Waals surface area contributed by atoms with Crippen molar-refractivity contribution in [1.82, 2.24) is 0 Å². The van der Waals surface area contributed by atoms with Gasteiger partial charge in [-0.2, -0.15) is 0 Å². The molecule has 2 rings (SSSR count). The molecule has 0 amide bonds. The van der Waals surface area contributed by atoms with Gasteiger partial charge >= 0.3 is 0 Å². The highest BCUT2D eigenvalue weighted by atomic mass is 35.5. The molecule has 0 fully saturated rings. The first kappa shape index (κ1) is 13.8. The van der Waals surface area contributed by atoms with Gasteiger partial charge in [-0.05, 0) is 54.2 Å². The number of anilines is 1. The molecule has 3 nitrogen and oxygen atoms in total. The molecule has 0 atom stereocenters. The minimum absolute atomic E-state index is 0.112. The quantitative estimate of drug-likeness (QED) is 0.689. The zero-order chi connectivity index (χ0) is 13.8. The Morgan fingerprint density at radius 1 is 1.21 bits per heavy atom. The summed E-state index contributed by atoms with van der Waals surface area (Å²) in [6.07, 6.45) is 0. The van der Waals surface area contributed by atoms with Crippen molar-refractivity contribution in [2.45, 2.75) is 4.90 Å². The van der Waals surface area contributed by atoms with Crippen molar-refractivity contribution < 1.29 is 9.53 Å². The number of methoxy groups -OCH3 is 1. The molecule has 0 aliphatic carbocycles. The molecule has 2 aromatic carbocycles. The fourth-order valence-electron chi connectivity index (χ4n) is 1.53. The molecule has 5 heteroatoms. The van der Waals surface area contributed by atoms with Gasteiger partial charge in [-0.3, -0.25) is 4.79 Å². The number of ether oxygens (including phenoxy) is 1.